The van der Waals surface area contributed by atoms with Crippen LogP contribution in [0.15, 0.2) is 6.20 Å². The van der Waals surface area contributed by atoms with Gasteiger partial charge in [0.1, 0.15) is 5.01 Å². The van der Waals surface area contributed by atoms with Gasteiger partial charge in [-0.05, 0) is 20.0 Å². The number of unbranched alkanes of at least 4 members (excludes halogenated alkanes) is 1. The van der Waals surface area contributed by atoms with Crippen molar-refractivity contribution >= 4 is 11.3 Å². The zero-order valence-electron chi connectivity index (χ0n) is 12.2. The molecule has 1 aromatic heterocycles. The van der Waals surface area contributed by atoms with Crippen molar-refractivity contribution in [2.45, 2.75) is 32.9 Å². The van der Waals surface area contributed by atoms with E-state index in [1.807, 2.05) is 17.5 Å². The van der Waals surface area contributed by atoms with Gasteiger partial charge in [0, 0.05) is 43.8 Å². The predicted molar refractivity (Wildman–Crippen MR) is 81.5 cm³/mol. The van der Waals surface area contributed by atoms with E-state index in [0.717, 1.165) is 19.6 Å². The number of piperazine rings is 1. The Morgan fingerprint density at radius 1 is 1.32 bits per heavy atom. The molecule has 0 spiro atoms. The molecule has 0 atom stereocenters. The van der Waals surface area contributed by atoms with E-state index < -0.39 is 0 Å². The highest BCUT2D eigenvalue weighted by Gasteiger charge is 2.15. The minimum absolute atomic E-state index is 0.973. The largest absolute Gasteiger partial charge is 0.312 e. The molecule has 0 unspecified atom stereocenters. The minimum atomic E-state index is 0.973. The minimum Gasteiger partial charge on any atom is -0.312 e. The highest BCUT2D eigenvalue weighted by atomic mass is 32.1. The molecule has 2 heterocycles. The third kappa shape index (κ3) is 5.18. The van der Waals surface area contributed by atoms with Gasteiger partial charge in [-0.15, -0.1) is 11.3 Å². The molecule has 108 valence electrons. The van der Waals surface area contributed by atoms with Gasteiger partial charge in [0.25, 0.3) is 0 Å². The van der Waals surface area contributed by atoms with Crippen molar-refractivity contribution in [1.82, 2.24) is 20.1 Å². The van der Waals surface area contributed by atoms with E-state index in [4.69, 9.17) is 0 Å². The first-order chi connectivity index (χ1) is 9.28. The zero-order valence-corrected chi connectivity index (χ0v) is 13.0. The van der Waals surface area contributed by atoms with Gasteiger partial charge in [-0.2, -0.15) is 0 Å². The van der Waals surface area contributed by atoms with Gasteiger partial charge in [-0.1, -0.05) is 13.3 Å². The predicted octanol–water partition coefficient (Wildman–Crippen LogP) is 1.78. The highest BCUT2D eigenvalue weighted by Crippen LogP contribution is 2.15. The van der Waals surface area contributed by atoms with Gasteiger partial charge < -0.3 is 10.2 Å². The summed E-state index contributed by atoms with van der Waals surface area (Å²) in [5.74, 6) is 0. The molecule has 1 fully saturated rings. The molecule has 1 aliphatic heterocycles. The molecule has 0 bridgehead atoms. The number of nitrogens with zero attached hydrogens (tertiary/aromatic N) is 3. The van der Waals surface area contributed by atoms with Crippen molar-refractivity contribution in [3.05, 3.63) is 16.1 Å². The first-order valence-electron chi connectivity index (χ1n) is 7.33. The van der Waals surface area contributed by atoms with Gasteiger partial charge in [0.05, 0.1) is 6.54 Å². The van der Waals surface area contributed by atoms with E-state index in [-0.39, 0.29) is 0 Å². The summed E-state index contributed by atoms with van der Waals surface area (Å²) in [6.45, 7) is 10.0. The Kier molecular flexibility index (Phi) is 6.23. The van der Waals surface area contributed by atoms with Gasteiger partial charge in [0.15, 0.2) is 0 Å². The molecule has 2 rings (SSSR count). The fraction of sp³-hybridized carbons (Fsp3) is 0.786. The van der Waals surface area contributed by atoms with Crippen LogP contribution >= 0.6 is 11.3 Å². The maximum atomic E-state index is 4.55. The maximum Gasteiger partial charge on any atom is 0.107 e. The highest BCUT2D eigenvalue weighted by molar-refractivity contribution is 7.11. The number of likely N-dealkylation sites (N-methyl/N-ethyl adjacent to an activating group) is 1. The third-order valence-electron chi connectivity index (χ3n) is 3.56. The maximum absolute atomic E-state index is 4.55. The average Bonchev–Trinajstić information content (AvgIpc) is 2.85. The Labute approximate surface area is 120 Å². The quantitative estimate of drug-likeness (QED) is 0.773. The molecule has 4 nitrogen and oxygen atoms in total. The van der Waals surface area contributed by atoms with Crippen molar-refractivity contribution in [3.8, 4) is 0 Å². The summed E-state index contributed by atoms with van der Waals surface area (Å²) in [6, 6.07) is 0. The molecule has 0 saturated carbocycles. The Bertz CT molecular complexity index is 358. The molecule has 19 heavy (non-hydrogen) atoms. The molecule has 1 N–H and O–H groups in total. The monoisotopic (exact) mass is 282 g/mol. The average molecular weight is 282 g/mol. The second-order valence-corrected chi connectivity index (χ2v) is 6.53. The fourth-order valence-corrected chi connectivity index (χ4v) is 3.15. The second kappa shape index (κ2) is 7.94. The summed E-state index contributed by atoms with van der Waals surface area (Å²) in [5, 5.41) is 4.74. The van der Waals surface area contributed by atoms with Crippen molar-refractivity contribution in [2.75, 3.05) is 39.8 Å². The summed E-state index contributed by atoms with van der Waals surface area (Å²) in [7, 11) is 2.20. The standard InChI is InChI=1S/C14H26N4S/c1-3-4-5-15-10-13-11-16-14(19-13)12-18-8-6-17(2)7-9-18/h11,15H,3-10,12H2,1-2H3. The van der Waals surface area contributed by atoms with Gasteiger partial charge >= 0.3 is 0 Å². The Morgan fingerprint density at radius 3 is 2.84 bits per heavy atom. The van der Waals surface area contributed by atoms with Crippen LogP contribution in [0.3, 0.4) is 0 Å². The van der Waals surface area contributed by atoms with Crippen LogP contribution in [0.25, 0.3) is 0 Å². The van der Waals surface area contributed by atoms with Crippen LogP contribution in [-0.2, 0) is 13.1 Å². The molecule has 0 aliphatic carbocycles. The van der Waals surface area contributed by atoms with Crippen molar-refractivity contribution in [3.63, 3.8) is 0 Å². The Hall–Kier alpha value is -0.490. The molecule has 1 aromatic rings. The molecular weight excluding hydrogens is 256 g/mol. The SMILES string of the molecule is CCCCNCc1cnc(CN2CCN(C)CC2)s1. The van der Waals surface area contributed by atoms with E-state index in [2.05, 4.69) is 34.1 Å². The molecule has 0 aromatic carbocycles. The summed E-state index contributed by atoms with van der Waals surface area (Å²) >= 11 is 1.86. The van der Waals surface area contributed by atoms with Crippen LogP contribution in [0.2, 0.25) is 0 Å². The molecule has 1 saturated heterocycles. The van der Waals surface area contributed by atoms with Crippen molar-refractivity contribution in [1.29, 1.82) is 0 Å². The summed E-state index contributed by atoms with van der Waals surface area (Å²) < 4.78 is 0. The van der Waals surface area contributed by atoms with Gasteiger partial charge in [0.2, 0.25) is 0 Å². The van der Waals surface area contributed by atoms with Crippen LogP contribution in [0.4, 0.5) is 0 Å². The number of rotatable bonds is 7. The zero-order chi connectivity index (χ0) is 13.5. The van der Waals surface area contributed by atoms with E-state index in [0.29, 0.717) is 0 Å². The number of aromatic nitrogens is 1. The Balaban J connectivity index is 1.71. The lowest BCUT2D eigenvalue weighted by Crippen LogP contribution is -2.43. The van der Waals surface area contributed by atoms with Crippen LogP contribution in [-0.4, -0.2) is 54.6 Å². The molecule has 0 radical (unpaired) electrons. The Morgan fingerprint density at radius 2 is 2.11 bits per heavy atom. The van der Waals surface area contributed by atoms with Gasteiger partial charge in [-0.3, -0.25) is 4.90 Å². The third-order valence-corrected chi connectivity index (χ3v) is 4.54. The fourth-order valence-electron chi connectivity index (χ4n) is 2.21. The van der Waals surface area contributed by atoms with Crippen LogP contribution in [0, 0.1) is 0 Å². The van der Waals surface area contributed by atoms with Crippen molar-refractivity contribution in [2.24, 2.45) is 0 Å². The van der Waals surface area contributed by atoms with E-state index in [1.54, 1.807) is 0 Å². The number of hydrogen-bond donors (Lipinski definition) is 1. The molecule has 5 heteroatoms. The number of nitrogens with one attached hydrogen (secondary N) is 1. The van der Waals surface area contributed by atoms with Crippen molar-refractivity contribution < 1.29 is 0 Å². The molecular formula is C14H26N4S. The van der Waals surface area contributed by atoms with Crippen LogP contribution < -0.4 is 5.32 Å². The number of thiazole rings is 1. The van der Waals surface area contributed by atoms with E-state index in [1.165, 1.54) is 48.9 Å². The lowest BCUT2D eigenvalue weighted by Gasteiger charge is -2.31. The normalized spacial score (nSPS) is 18.0. The molecule has 1 aliphatic rings. The topological polar surface area (TPSA) is 31.4 Å². The van der Waals surface area contributed by atoms with E-state index >= 15 is 0 Å². The number of hydrogen-bond acceptors (Lipinski definition) is 5. The van der Waals surface area contributed by atoms with Gasteiger partial charge in [-0.25, -0.2) is 4.98 Å². The summed E-state index contributed by atoms with van der Waals surface area (Å²) in [5.41, 5.74) is 0. The lowest BCUT2D eigenvalue weighted by atomic mass is 10.3. The first-order valence-corrected chi connectivity index (χ1v) is 8.14. The smallest absolute Gasteiger partial charge is 0.107 e. The first kappa shape index (κ1) is 14.9. The summed E-state index contributed by atoms with van der Waals surface area (Å²) in [6.07, 6.45) is 4.55. The van der Waals surface area contributed by atoms with Crippen LogP contribution in [0.5, 0.6) is 0 Å². The summed E-state index contributed by atoms with van der Waals surface area (Å²) in [4.78, 5) is 10.8. The molecule has 0 amide bonds. The van der Waals surface area contributed by atoms with E-state index in [9.17, 15) is 0 Å². The van der Waals surface area contributed by atoms with Crippen LogP contribution in [0.1, 0.15) is 29.7 Å². The lowest BCUT2D eigenvalue weighted by molar-refractivity contribution is 0.148. The second-order valence-electron chi connectivity index (χ2n) is 5.33.